The van der Waals surface area contributed by atoms with Crippen LogP contribution in [-0.2, 0) is 11.2 Å². The van der Waals surface area contributed by atoms with Crippen molar-refractivity contribution in [3.05, 3.63) is 46.8 Å². The highest BCUT2D eigenvalue weighted by atomic mass is 16.5. The summed E-state index contributed by atoms with van der Waals surface area (Å²) in [6.07, 6.45) is 2.30. The Morgan fingerprint density at radius 1 is 1.29 bits per heavy atom. The summed E-state index contributed by atoms with van der Waals surface area (Å²) < 4.78 is 6.74. The minimum absolute atomic E-state index is 0.132. The van der Waals surface area contributed by atoms with Crippen molar-refractivity contribution in [3.8, 4) is 5.69 Å². The van der Waals surface area contributed by atoms with Gasteiger partial charge in [-0.1, -0.05) is 0 Å². The number of nitrogens with zero attached hydrogens (tertiary/aromatic N) is 2. The van der Waals surface area contributed by atoms with E-state index in [9.17, 15) is 9.59 Å². The van der Waals surface area contributed by atoms with Crippen LogP contribution in [0.2, 0.25) is 0 Å². The predicted molar refractivity (Wildman–Crippen MR) is 89.8 cm³/mol. The highest BCUT2D eigenvalue weighted by Gasteiger charge is 2.25. The second kappa shape index (κ2) is 6.97. The first-order valence-electron chi connectivity index (χ1n) is 8.11. The molecule has 126 valence electrons. The van der Waals surface area contributed by atoms with Gasteiger partial charge in [0.05, 0.1) is 29.2 Å². The first-order chi connectivity index (χ1) is 11.6. The highest BCUT2D eigenvalue weighted by Crippen LogP contribution is 2.26. The van der Waals surface area contributed by atoms with Gasteiger partial charge in [-0.25, -0.2) is 4.68 Å². The summed E-state index contributed by atoms with van der Waals surface area (Å²) in [6, 6.07) is 7.26. The monoisotopic (exact) mass is 327 g/mol. The van der Waals surface area contributed by atoms with Gasteiger partial charge in [-0.05, 0) is 44.0 Å². The maximum atomic E-state index is 12.1. The average Bonchev–Trinajstić information content (AvgIpc) is 2.93. The number of rotatable bonds is 5. The lowest BCUT2D eigenvalue weighted by Gasteiger charge is -2.13. The van der Waals surface area contributed by atoms with Gasteiger partial charge >= 0.3 is 0 Å². The standard InChI is InChI=1S/C18H21N3O3/c1-12-17-15(4-3-5-16(17)22)21(20-12)14-8-6-13(7-9-14)18(23)19-10-11-24-2/h6-9H,3-5,10-11H2,1-2H3,(H,19,23). The van der Waals surface area contributed by atoms with Crippen LogP contribution in [0.4, 0.5) is 0 Å². The zero-order valence-corrected chi connectivity index (χ0v) is 14.0. The van der Waals surface area contributed by atoms with E-state index in [-0.39, 0.29) is 11.7 Å². The number of hydrogen-bond donors (Lipinski definition) is 1. The van der Waals surface area contributed by atoms with Crippen LogP contribution in [0.3, 0.4) is 0 Å². The summed E-state index contributed by atoms with van der Waals surface area (Å²) >= 11 is 0. The van der Waals surface area contributed by atoms with Crippen LogP contribution in [0.15, 0.2) is 24.3 Å². The molecule has 1 amide bonds. The third kappa shape index (κ3) is 3.10. The molecule has 1 aliphatic rings. The fraction of sp³-hybridized carbons (Fsp3) is 0.389. The zero-order valence-electron chi connectivity index (χ0n) is 14.0. The minimum atomic E-state index is -0.132. The molecule has 1 aromatic heterocycles. The molecule has 0 bridgehead atoms. The van der Waals surface area contributed by atoms with Crippen LogP contribution >= 0.6 is 0 Å². The van der Waals surface area contributed by atoms with Gasteiger partial charge in [0.1, 0.15) is 0 Å². The van der Waals surface area contributed by atoms with Crippen molar-refractivity contribution in [2.75, 3.05) is 20.3 Å². The zero-order chi connectivity index (χ0) is 17.1. The first kappa shape index (κ1) is 16.4. The fourth-order valence-corrected chi connectivity index (χ4v) is 3.05. The van der Waals surface area contributed by atoms with E-state index in [0.717, 1.165) is 35.5 Å². The number of nitrogens with one attached hydrogen (secondary N) is 1. The summed E-state index contributed by atoms with van der Waals surface area (Å²) in [4.78, 5) is 24.1. The number of carbonyl (C=O) groups is 2. The molecule has 3 rings (SSSR count). The Hall–Kier alpha value is -2.47. The number of Topliss-reactive ketones (excluding diaryl/α,β-unsaturated/α-hetero) is 1. The summed E-state index contributed by atoms with van der Waals surface area (Å²) in [7, 11) is 1.60. The van der Waals surface area contributed by atoms with E-state index in [2.05, 4.69) is 10.4 Å². The van der Waals surface area contributed by atoms with Crippen LogP contribution in [0.1, 0.15) is 44.9 Å². The Balaban J connectivity index is 1.83. The van der Waals surface area contributed by atoms with Crippen LogP contribution in [0.25, 0.3) is 5.69 Å². The smallest absolute Gasteiger partial charge is 0.251 e. The van der Waals surface area contributed by atoms with Gasteiger partial charge in [-0.3, -0.25) is 9.59 Å². The second-order valence-corrected chi connectivity index (χ2v) is 5.89. The Labute approximate surface area is 140 Å². The summed E-state index contributed by atoms with van der Waals surface area (Å²) in [5.74, 6) is 0.0431. The molecule has 2 aromatic rings. The molecule has 0 saturated carbocycles. The number of methoxy groups -OCH3 is 1. The molecule has 1 heterocycles. The van der Waals surface area contributed by atoms with Crippen LogP contribution in [-0.4, -0.2) is 41.7 Å². The third-order valence-corrected chi connectivity index (χ3v) is 4.22. The molecule has 1 N–H and O–H groups in total. The van der Waals surface area contributed by atoms with E-state index in [1.807, 2.05) is 23.7 Å². The molecule has 0 saturated heterocycles. The molecule has 0 aliphatic heterocycles. The number of amides is 1. The van der Waals surface area contributed by atoms with Crippen molar-refractivity contribution in [2.45, 2.75) is 26.2 Å². The number of hydrogen-bond acceptors (Lipinski definition) is 4. The van der Waals surface area contributed by atoms with E-state index in [0.29, 0.717) is 25.1 Å². The minimum Gasteiger partial charge on any atom is -0.383 e. The van der Waals surface area contributed by atoms with Crippen LogP contribution in [0.5, 0.6) is 0 Å². The molecular weight excluding hydrogens is 306 g/mol. The number of aryl methyl sites for hydroxylation is 1. The summed E-state index contributed by atoms with van der Waals surface area (Å²) in [5.41, 5.74) is 3.96. The van der Waals surface area contributed by atoms with Gasteiger partial charge < -0.3 is 10.1 Å². The molecule has 1 aromatic carbocycles. The molecule has 0 fully saturated rings. The number of ether oxygens (including phenoxy) is 1. The lowest BCUT2D eigenvalue weighted by atomic mass is 9.94. The quantitative estimate of drug-likeness (QED) is 0.853. The molecule has 6 heteroatoms. The lowest BCUT2D eigenvalue weighted by molar-refractivity contribution is 0.0935. The van der Waals surface area contributed by atoms with Crippen molar-refractivity contribution >= 4 is 11.7 Å². The number of ketones is 1. The third-order valence-electron chi connectivity index (χ3n) is 4.22. The van der Waals surface area contributed by atoms with Crippen molar-refractivity contribution in [1.29, 1.82) is 0 Å². The highest BCUT2D eigenvalue weighted by molar-refractivity contribution is 5.99. The Morgan fingerprint density at radius 3 is 2.75 bits per heavy atom. The largest absolute Gasteiger partial charge is 0.383 e. The molecule has 0 spiro atoms. The van der Waals surface area contributed by atoms with Crippen molar-refractivity contribution in [3.63, 3.8) is 0 Å². The van der Waals surface area contributed by atoms with Gasteiger partial charge in [0.25, 0.3) is 5.91 Å². The summed E-state index contributed by atoms with van der Waals surface area (Å²) in [5, 5.41) is 7.31. The van der Waals surface area contributed by atoms with E-state index in [4.69, 9.17) is 4.74 Å². The van der Waals surface area contributed by atoms with E-state index < -0.39 is 0 Å². The maximum absolute atomic E-state index is 12.1. The average molecular weight is 327 g/mol. The molecule has 0 atom stereocenters. The number of benzene rings is 1. The van der Waals surface area contributed by atoms with Gasteiger partial charge in [0.2, 0.25) is 0 Å². The van der Waals surface area contributed by atoms with Crippen molar-refractivity contribution in [2.24, 2.45) is 0 Å². The van der Waals surface area contributed by atoms with Gasteiger partial charge in [-0.15, -0.1) is 0 Å². The fourth-order valence-electron chi connectivity index (χ4n) is 3.05. The van der Waals surface area contributed by atoms with E-state index in [1.165, 1.54) is 0 Å². The molecule has 24 heavy (non-hydrogen) atoms. The Bertz CT molecular complexity index is 763. The number of aromatic nitrogens is 2. The predicted octanol–water partition coefficient (Wildman–Crippen LogP) is 2.08. The number of fused-ring (bicyclic) bond motifs is 1. The molecule has 0 radical (unpaired) electrons. The van der Waals surface area contributed by atoms with Crippen LogP contribution in [0, 0.1) is 6.92 Å². The van der Waals surface area contributed by atoms with E-state index in [1.54, 1.807) is 19.2 Å². The Kier molecular flexibility index (Phi) is 4.76. The van der Waals surface area contributed by atoms with Crippen LogP contribution < -0.4 is 5.32 Å². The first-order valence-corrected chi connectivity index (χ1v) is 8.11. The van der Waals surface area contributed by atoms with Crippen molar-refractivity contribution < 1.29 is 14.3 Å². The SMILES string of the molecule is COCCNC(=O)c1ccc(-n2nc(C)c3c2CCCC3=O)cc1. The van der Waals surface area contributed by atoms with Gasteiger partial charge in [0.15, 0.2) is 5.78 Å². The number of carbonyl (C=O) groups excluding carboxylic acids is 2. The van der Waals surface area contributed by atoms with E-state index >= 15 is 0 Å². The Morgan fingerprint density at radius 2 is 2.04 bits per heavy atom. The molecule has 1 aliphatic carbocycles. The topological polar surface area (TPSA) is 73.2 Å². The molecule has 0 unspecified atom stereocenters. The molecule has 6 nitrogen and oxygen atoms in total. The normalized spacial score (nSPS) is 13.7. The van der Waals surface area contributed by atoms with Gasteiger partial charge in [0, 0.05) is 25.6 Å². The molecular formula is C18H21N3O3. The summed E-state index contributed by atoms with van der Waals surface area (Å²) in [6.45, 7) is 2.83. The van der Waals surface area contributed by atoms with Gasteiger partial charge in [-0.2, -0.15) is 5.10 Å². The maximum Gasteiger partial charge on any atom is 0.251 e. The van der Waals surface area contributed by atoms with Crippen molar-refractivity contribution in [1.82, 2.24) is 15.1 Å². The second-order valence-electron chi connectivity index (χ2n) is 5.89. The lowest BCUT2D eigenvalue weighted by Crippen LogP contribution is -2.26.